The molecule has 20 heavy (non-hydrogen) atoms. The van der Waals surface area contributed by atoms with Crippen LogP contribution in [-0.2, 0) is 9.53 Å². The molecule has 1 aliphatic carbocycles. The molecular weight excluding hydrogens is 256 g/mol. The second-order valence-corrected chi connectivity index (χ2v) is 6.75. The molecule has 1 aliphatic heterocycles. The maximum Gasteiger partial charge on any atom is 0.223 e. The Kier molecular flexibility index (Phi) is 5.04. The van der Waals surface area contributed by atoms with Crippen LogP contribution < -0.4 is 5.32 Å². The first-order valence-electron chi connectivity index (χ1n) is 7.68. The van der Waals surface area contributed by atoms with E-state index in [1.807, 2.05) is 13.8 Å². The van der Waals surface area contributed by atoms with Crippen molar-refractivity contribution in [3.05, 3.63) is 0 Å². The van der Waals surface area contributed by atoms with E-state index in [0.29, 0.717) is 12.5 Å². The molecule has 0 spiro atoms. The molecule has 2 rings (SSSR count). The highest BCUT2D eigenvalue weighted by Gasteiger charge is 2.36. The number of aliphatic hydroxyl groups is 1. The minimum Gasteiger partial charge on any atom is -0.392 e. The van der Waals surface area contributed by atoms with Gasteiger partial charge in [-0.2, -0.15) is 0 Å². The standard InChI is InChI=1S/C15H28N2O3/c1-15(2,20-3)9-14(19)16-12-5-4-6-13(12)17-8-7-11(18)10-17/h11-13,18H,4-10H2,1-3H3,(H,16,19)/t11?,12-,13+/m1/s1. The van der Waals surface area contributed by atoms with Gasteiger partial charge in [-0.05, 0) is 39.5 Å². The Morgan fingerprint density at radius 3 is 2.75 bits per heavy atom. The third-order valence-corrected chi connectivity index (χ3v) is 4.63. The summed E-state index contributed by atoms with van der Waals surface area (Å²) in [4.78, 5) is 14.5. The minimum absolute atomic E-state index is 0.0634. The maximum absolute atomic E-state index is 12.1. The van der Waals surface area contributed by atoms with Crippen molar-refractivity contribution in [2.45, 2.75) is 69.7 Å². The molecule has 5 heteroatoms. The van der Waals surface area contributed by atoms with Crippen molar-refractivity contribution in [2.24, 2.45) is 0 Å². The summed E-state index contributed by atoms with van der Waals surface area (Å²) in [6, 6.07) is 0.613. The molecule has 1 amide bonds. The van der Waals surface area contributed by atoms with E-state index >= 15 is 0 Å². The van der Waals surface area contributed by atoms with Gasteiger partial charge in [-0.1, -0.05) is 0 Å². The summed E-state index contributed by atoms with van der Waals surface area (Å²) in [5.74, 6) is 0.0634. The van der Waals surface area contributed by atoms with Gasteiger partial charge in [0.1, 0.15) is 0 Å². The number of methoxy groups -OCH3 is 1. The van der Waals surface area contributed by atoms with Gasteiger partial charge in [0, 0.05) is 32.3 Å². The summed E-state index contributed by atoms with van der Waals surface area (Å²) >= 11 is 0. The number of amides is 1. The highest BCUT2D eigenvalue weighted by Crippen LogP contribution is 2.27. The molecule has 0 aromatic carbocycles. The Balaban J connectivity index is 1.86. The van der Waals surface area contributed by atoms with E-state index in [1.54, 1.807) is 7.11 Å². The van der Waals surface area contributed by atoms with Gasteiger partial charge < -0.3 is 15.2 Å². The van der Waals surface area contributed by atoms with Gasteiger partial charge in [-0.15, -0.1) is 0 Å². The number of ether oxygens (including phenoxy) is 1. The Bertz CT molecular complexity index is 346. The molecule has 1 saturated heterocycles. The fraction of sp³-hybridized carbons (Fsp3) is 0.933. The predicted molar refractivity (Wildman–Crippen MR) is 77.5 cm³/mol. The lowest BCUT2D eigenvalue weighted by Crippen LogP contribution is -2.49. The predicted octanol–water partition coefficient (Wildman–Crippen LogP) is 0.905. The number of likely N-dealkylation sites (tertiary alicyclic amines) is 1. The fourth-order valence-corrected chi connectivity index (χ4v) is 3.33. The monoisotopic (exact) mass is 284 g/mol. The van der Waals surface area contributed by atoms with E-state index in [2.05, 4.69) is 10.2 Å². The number of nitrogens with one attached hydrogen (secondary N) is 1. The van der Waals surface area contributed by atoms with E-state index in [1.165, 1.54) is 0 Å². The van der Waals surface area contributed by atoms with Crippen LogP contribution >= 0.6 is 0 Å². The van der Waals surface area contributed by atoms with Gasteiger partial charge in [0.15, 0.2) is 0 Å². The first kappa shape index (κ1) is 15.7. The van der Waals surface area contributed by atoms with Crippen LogP contribution in [0.3, 0.4) is 0 Å². The molecule has 2 fully saturated rings. The first-order valence-corrected chi connectivity index (χ1v) is 7.68. The molecular formula is C15H28N2O3. The van der Waals surface area contributed by atoms with Crippen LogP contribution in [-0.4, -0.2) is 59.9 Å². The fourth-order valence-electron chi connectivity index (χ4n) is 3.33. The molecule has 3 atom stereocenters. The first-order chi connectivity index (χ1) is 9.41. The Labute approximate surface area is 121 Å². The minimum atomic E-state index is -0.415. The SMILES string of the molecule is COC(C)(C)CC(=O)N[C@@H]1CCC[C@@H]1N1CCC(O)C1. The molecule has 116 valence electrons. The van der Waals surface area contributed by atoms with Crippen molar-refractivity contribution in [1.82, 2.24) is 10.2 Å². The number of hydrogen-bond donors (Lipinski definition) is 2. The quantitative estimate of drug-likeness (QED) is 0.787. The van der Waals surface area contributed by atoms with Crippen LogP contribution in [0.1, 0.15) is 46.0 Å². The third kappa shape index (κ3) is 3.93. The maximum atomic E-state index is 12.1. The summed E-state index contributed by atoms with van der Waals surface area (Å²) in [5, 5.41) is 12.8. The summed E-state index contributed by atoms with van der Waals surface area (Å²) in [6.07, 6.45) is 4.35. The number of rotatable bonds is 5. The molecule has 0 bridgehead atoms. The lowest BCUT2D eigenvalue weighted by atomic mass is 10.0. The van der Waals surface area contributed by atoms with Crippen molar-refractivity contribution in [2.75, 3.05) is 20.2 Å². The zero-order valence-electron chi connectivity index (χ0n) is 12.9. The second-order valence-electron chi connectivity index (χ2n) is 6.75. The zero-order chi connectivity index (χ0) is 14.8. The van der Waals surface area contributed by atoms with E-state index < -0.39 is 5.60 Å². The van der Waals surface area contributed by atoms with Gasteiger partial charge in [-0.25, -0.2) is 0 Å². The average Bonchev–Trinajstić information content (AvgIpc) is 2.97. The normalized spacial score (nSPS) is 31.7. The number of β-amino-alcohol motifs (C(OH)–C–C–N with tert-alkyl or cyclic N) is 1. The largest absolute Gasteiger partial charge is 0.392 e. The molecule has 2 N–H and O–H groups in total. The Morgan fingerprint density at radius 2 is 2.15 bits per heavy atom. The number of carbonyl (C=O) groups excluding carboxylic acids is 1. The van der Waals surface area contributed by atoms with E-state index in [4.69, 9.17) is 4.74 Å². The van der Waals surface area contributed by atoms with Crippen molar-refractivity contribution < 1.29 is 14.6 Å². The van der Waals surface area contributed by atoms with Crippen molar-refractivity contribution in [3.63, 3.8) is 0 Å². The van der Waals surface area contributed by atoms with Crippen molar-refractivity contribution in [1.29, 1.82) is 0 Å². The molecule has 1 unspecified atom stereocenters. The summed E-state index contributed by atoms with van der Waals surface area (Å²) in [5.41, 5.74) is -0.415. The Morgan fingerprint density at radius 1 is 1.40 bits per heavy atom. The number of carbonyl (C=O) groups is 1. The second kappa shape index (κ2) is 6.41. The van der Waals surface area contributed by atoms with Crippen molar-refractivity contribution >= 4 is 5.91 Å². The lowest BCUT2D eigenvalue weighted by molar-refractivity contribution is -0.127. The number of hydrogen-bond acceptors (Lipinski definition) is 4. The van der Waals surface area contributed by atoms with Gasteiger partial charge in [0.05, 0.1) is 18.1 Å². The molecule has 0 radical (unpaired) electrons. The number of aliphatic hydroxyl groups excluding tert-OH is 1. The van der Waals surface area contributed by atoms with Gasteiger partial charge in [0.25, 0.3) is 0 Å². The topological polar surface area (TPSA) is 61.8 Å². The van der Waals surface area contributed by atoms with Gasteiger partial charge >= 0.3 is 0 Å². The molecule has 2 aliphatic rings. The average molecular weight is 284 g/mol. The van der Waals surface area contributed by atoms with E-state index in [0.717, 1.165) is 38.8 Å². The third-order valence-electron chi connectivity index (χ3n) is 4.63. The van der Waals surface area contributed by atoms with Crippen LogP contribution in [0.4, 0.5) is 0 Å². The van der Waals surface area contributed by atoms with Crippen LogP contribution in [0.5, 0.6) is 0 Å². The Hall–Kier alpha value is -0.650. The summed E-state index contributed by atoms with van der Waals surface area (Å²) in [6.45, 7) is 5.55. The summed E-state index contributed by atoms with van der Waals surface area (Å²) < 4.78 is 5.31. The lowest BCUT2D eigenvalue weighted by Gasteiger charge is -2.31. The molecule has 1 heterocycles. The van der Waals surface area contributed by atoms with Gasteiger partial charge in [0.2, 0.25) is 5.91 Å². The highest BCUT2D eigenvalue weighted by molar-refractivity contribution is 5.77. The molecule has 0 aromatic heterocycles. The van der Waals surface area contributed by atoms with Crippen LogP contribution in [0.15, 0.2) is 0 Å². The number of nitrogens with zero attached hydrogens (tertiary/aromatic N) is 1. The molecule has 5 nitrogen and oxygen atoms in total. The smallest absolute Gasteiger partial charge is 0.223 e. The highest BCUT2D eigenvalue weighted by atomic mass is 16.5. The molecule has 0 aromatic rings. The van der Waals surface area contributed by atoms with Crippen molar-refractivity contribution in [3.8, 4) is 0 Å². The van der Waals surface area contributed by atoms with E-state index in [9.17, 15) is 9.90 Å². The van der Waals surface area contributed by atoms with Crippen LogP contribution in [0, 0.1) is 0 Å². The zero-order valence-corrected chi connectivity index (χ0v) is 12.9. The van der Waals surface area contributed by atoms with Gasteiger partial charge in [-0.3, -0.25) is 9.69 Å². The van der Waals surface area contributed by atoms with E-state index in [-0.39, 0.29) is 18.1 Å². The molecule has 1 saturated carbocycles. The van der Waals surface area contributed by atoms with Crippen LogP contribution in [0.25, 0.3) is 0 Å². The van der Waals surface area contributed by atoms with Crippen LogP contribution in [0.2, 0.25) is 0 Å². The summed E-state index contributed by atoms with van der Waals surface area (Å²) in [7, 11) is 1.64.